The van der Waals surface area contributed by atoms with Crippen molar-refractivity contribution < 1.29 is 9.18 Å². The van der Waals surface area contributed by atoms with Gasteiger partial charge in [0.25, 0.3) is 0 Å². The average molecular weight is 369 g/mol. The number of nitrogens with one attached hydrogen (secondary N) is 2. The third kappa shape index (κ3) is 4.47. The molecule has 128 valence electrons. The third-order valence-corrected chi connectivity index (χ3v) is 4.43. The zero-order valence-electron chi connectivity index (χ0n) is 13.7. The molecule has 3 nitrogen and oxygen atoms in total. The van der Waals surface area contributed by atoms with Crippen LogP contribution in [0.25, 0.3) is 0 Å². The normalized spacial score (nSPS) is 13.4. The van der Waals surface area contributed by atoms with Gasteiger partial charge in [0, 0.05) is 35.3 Å². The van der Waals surface area contributed by atoms with Crippen molar-refractivity contribution in [2.75, 3.05) is 5.32 Å². The van der Waals surface area contributed by atoms with Crippen LogP contribution < -0.4 is 10.6 Å². The number of rotatable bonds is 5. The van der Waals surface area contributed by atoms with Crippen LogP contribution in [0.3, 0.4) is 0 Å². The topological polar surface area (TPSA) is 41.1 Å². The van der Waals surface area contributed by atoms with Crippen molar-refractivity contribution in [2.24, 2.45) is 0 Å². The Morgan fingerprint density at radius 2 is 1.83 bits per heavy atom. The first-order chi connectivity index (χ1) is 11.3. The van der Waals surface area contributed by atoms with Gasteiger partial charge in [-0.15, -0.1) is 0 Å². The van der Waals surface area contributed by atoms with Gasteiger partial charge in [-0.05, 0) is 43.7 Å². The van der Waals surface area contributed by atoms with Gasteiger partial charge >= 0.3 is 0 Å². The molecule has 0 saturated heterocycles. The van der Waals surface area contributed by atoms with Gasteiger partial charge in [0.2, 0.25) is 5.91 Å². The number of carbonyl (C=O) groups is 1. The summed E-state index contributed by atoms with van der Waals surface area (Å²) in [6.45, 7) is 5.32. The number of carbonyl (C=O) groups excluding carboxylic acids is 1. The molecule has 0 aromatic heterocycles. The lowest BCUT2D eigenvalue weighted by atomic mass is 10.0. The molecule has 0 aliphatic rings. The predicted octanol–water partition coefficient (Wildman–Crippen LogP) is 5.50. The van der Waals surface area contributed by atoms with E-state index >= 15 is 0 Å². The van der Waals surface area contributed by atoms with E-state index in [1.807, 2.05) is 38.1 Å². The van der Waals surface area contributed by atoms with Crippen LogP contribution >= 0.6 is 23.2 Å². The van der Waals surface area contributed by atoms with E-state index in [-0.39, 0.29) is 23.0 Å². The summed E-state index contributed by atoms with van der Waals surface area (Å²) in [4.78, 5) is 11.2. The fourth-order valence-corrected chi connectivity index (χ4v) is 3.28. The Bertz CT molecular complexity index is 752. The maximum absolute atomic E-state index is 13.7. The van der Waals surface area contributed by atoms with Gasteiger partial charge in [0.05, 0.1) is 5.02 Å². The molecule has 2 aromatic carbocycles. The Labute approximate surface area is 151 Å². The fraction of sp³-hybridized carbons (Fsp3) is 0.278. The highest BCUT2D eigenvalue weighted by Gasteiger charge is 2.19. The molecule has 2 N–H and O–H groups in total. The van der Waals surface area contributed by atoms with Gasteiger partial charge in [-0.2, -0.15) is 0 Å². The summed E-state index contributed by atoms with van der Waals surface area (Å²) in [6.07, 6.45) is 0. The second-order valence-electron chi connectivity index (χ2n) is 5.67. The zero-order chi connectivity index (χ0) is 17.9. The minimum Gasteiger partial charge on any atom is -0.326 e. The van der Waals surface area contributed by atoms with Crippen LogP contribution in [-0.2, 0) is 4.79 Å². The van der Waals surface area contributed by atoms with E-state index in [0.29, 0.717) is 10.6 Å². The third-order valence-electron chi connectivity index (χ3n) is 3.72. The van der Waals surface area contributed by atoms with E-state index in [0.717, 1.165) is 11.3 Å². The van der Waals surface area contributed by atoms with Gasteiger partial charge in [-0.25, -0.2) is 4.39 Å². The number of anilines is 1. The maximum Gasteiger partial charge on any atom is 0.221 e. The standard InChI is InChI=1S/C18H19Cl2FN2O/c1-10(13-5-4-6-14(9-13)23-12(3)24)22-11(2)17-15(19)7-8-16(21)18(17)20/h4-11,22H,1-3H3,(H,23,24). The number of hydrogen-bond acceptors (Lipinski definition) is 2. The molecular weight excluding hydrogens is 350 g/mol. The van der Waals surface area contributed by atoms with E-state index in [4.69, 9.17) is 23.2 Å². The van der Waals surface area contributed by atoms with Crippen molar-refractivity contribution in [2.45, 2.75) is 32.9 Å². The molecule has 0 bridgehead atoms. The Kier molecular flexibility index (Phi) is 6.21. The SMILES string of the molecule is CC(=O)Nc1cccc(C(C)NC(C)c2c(Cl)ccc(F)c2Cl)c1. The lowest BCUT2D eigenvalue weighted by Gasteiger charge is -2.23. The number of halogens is 3. The van der Waals surface area contributed by atoms with E-state index < -0.39 is 5.82 Å². The Morgan fingerprint density at radius 1 is 1.12 bits per heavy atom. The molecular formula is C18H19Cl2FN2O. The molecule has 1 amide bonds. The van der Waals surface area contributed by atoms with Gasteiger partial charge in [0.1, 0.15) is 5.82 Å². The molecule has 2 rings (SSSR count). The second-order valence-corrected chi connectivity index (χ2v) is 6.46. The average Bonchev–Trinajstić information content (AvgIpc) is 2.51. The van der Waals surface area contributed by atoms with Crippen molar-refractivity contribution >= 4 is 34.8 Å². The van der Waals surface area contributed by atoms with Gasteiger partial charge in [-0.3, -0.25) is 4.79 Å². The lowest BCUT2D eigenvalue weighted by molar-refractivity contribution is -0.114. The van der Waals surface area contributed by atoms with E-state index in [1.165, 1.54) is 19.1 Å². The lowest BCUT2D eigenvalue weighted by Crippen LogP contribution is -2.23. The molecule has 0 heterocycles. The molecule has 2 aromatic rings. The number of benzene rings is 2. The molecule has 24 heavy (non-hydrogen) atoms. The van der Waals surface area contributed by atoms with Crippen LogP contribution in [-0.4, -0.2) is 5.91 Å². The first-order valence-electron chi connectivity index (χ1n) is 7.56. The van der Waals surface area contributed by atoms with Crippen molar-refractivity contribution in [1.82, 2.24) is 5.32 Å². The van der Waals surface area contributed by atoms with Crippen molar-refractivity contribution in [1.29, 1.82) is 0 Å². The summed E-state index contributed by atoms with van der Waals surface area (Å²) in [5, 5.41) is 6.55. The van der Waals surface area contributed by atoms with Crippen LogP contribution in [0.1, 0.15) is 44.0 Å². The summed E-state index contributed by atoms with van der Waals surface area (Å²) in [5.74, 6) is -0.621. The van der Waals surface area contributed by atoms with Gasteiger partial charge < -0.3 is 10.6 Å². The monoisotopic (exact) mass is 368 g/mol. The Balaban J connectivity index is 2.19. The van der Waals surface area contributed by atoms with Crippen LogP contribution in [0.2, 0.25) is 10.0 Å². The van der Waals surface area contributed by atoms with E-state index in [1.54, 1.807) is 0 Å². The molecule has 6 heteroatoms. The zero-order valence-corrected chi connectivity index (χ0v) is 15.2. The van der Waals surface area contributed by atoms with Gasteiger partial charge in [0.15, 0.2) is 0 Å². The Morgan fingerprint density at radius 3 is 2.50 bits per heavy atom. The minimum absolute atomic E-state index is 0.0293. The smallest absolute Gasteiger partial charge is 0.221 e. The molecule has 0 saturated carbocycles. The first-order valence-corrected chi connectivity index (χ1v) is 8.32. The predicted molar refractivity (Wildman–Crippen MR) is 97.1 cm³/mol. The summed E-state index contributed by atoms with van der Waals surface area (Å²) in [7, 11) is 0. The van der Waals surface area contributed by atoms with Crippen LogP contribution in [0.4, 0.5) is 10.1 Å². The minimum atomic E-state index is -0.495. The maximum atomic E-state index is 13.7. The highest BCUT2D eigenvalue weighted by molar-refractivity contribution is 6.36. The summed E-state index contributed by atoms with van der Waals surface area (Å²) in [5.41, 5.74) is 2.24. The number of amides is 1. The van der Waals surface area contributed by atoms with Gasteiger partial charge in [-0.1, -0.05) is 35.3 Å². The van der Waals surface area contributed by atoms with Crippen LogP contribution in [0, 0.1) is 5.82 Å². The molecule has 2 atom stereocenters. The molecule has 0 aliphatic heterocycles. The Hall–Kier alpha value is -1.62. The largest absolute Gasteiger partial charge is 0.326 e. The first kappa shape index (κ1) is 18.7. The van der Waals surface area contributed by atoms with Crippen LogP contribution in [0.15, 0.2) is 36.4 Å². The van der Waals surface area contributed by atoms with E-state index in [9.17, 15) is 9.18 Å². The summed E-state index contributed by atoms with van der Waals surface area (Å²) >= 11 is 12.2. The highest BCUT2D eigenvalue weighted by atomic mass is 35.5. The van der Waals surface area contributed by atoms with Crippen molar-refractivity contribution in [3.05, 3.63) is 63.4 Å². The number of hydrogen-bond donors (Lipinski definition) is 2. The van der Waals surface area contributed by atoms with Crippen LogP contribution in [0.5, 0.6) is 0 Å². The van der Waals surface area contributed by atoms with Crippen molar-refractivity contribution in [3.63, 3.8) is 0 Å². The molecule has 0 aliphatic carbocycles. The summed E-state index contributed by atoms with van der Waals surface area (Å²) in [6, 6.07) is 9.97. The molecule has 2 unspecified atom stereocenters. The second kappa shape index (κ2) is 7.97. The highest BCUT2D eigenvalue weighted by Crippen LogP contribution is 2.33. The molecule has 0 radical (unpaired) electrons. The quantitative estimate of drug-likeness (QED) is 0.683. The summed E-state index contributed by atoms with van der Waals surface area (Å²) < 4.78 is 13.7. The fourth-order valence-electron chi connectivity index (χ4n) is 2.58. The molecule has 0 fully saturated rings. The molecule has 0 spiro atoms. The van der Waals surface area contributed by atoms with Crippen molar-refractivity contribution in [3.8, 4) is 0 Å². The van der Waals surface area contributed by atoms with E-state index in [2.05, 4.69) is 10.6 Å².